The first-order valence-corrected chi connectivity index (χ1v) is 12.8. The van der Waals surface area contributed by atoms with Crippen molar-refractivity contribution in [2.24, 2.45) is 5.41 Å². The zero-order valence-corrected chi connectivity index (χ0v) is 22.7. The van der Waals surface area contributed by atoms with E-state index in [2.05, 4.69) is 15.5 Å². The molecular formula is C28H33ClFN3O5. The van der Waals surface area contributed by atoms with Crippen LogP contribution in [0.1, 0.15) is 43.2 Å². The Morgan fingerprint density at radius 2 is 1.87 bits per heavy atom. The summed E-state index contributed by atoms with van der Waals surface area (Å²) in [4.78, 5) is 25.9. The van der Waals surface area contributed by atoms with Crippen LogP contribution in [0.3, 0.4) is 0 Å². The van der Waals surface area contributed by atoms with Gasteiger partial charge >= 0.3 is 5.97 Å². The number of esters is 1. The third-order valence-corrected chi connectivity index (χ3v) is 6.27. The molecule has 38 heavy (non-hydrogen) atoms. The summed E-state index contributed by atoms with van der Waals surface area (Å²) in [6.07, 6.45) is 0.651. The monoisotopic (exact) mass is 545 g/mol. The van der Waals surface area contributed by atoms with E-state index in [4.69, 9.17) is 25.8 Å². The van der Waals surface area contributed by atoms with Gasteiger partial charge in [-0.25, -0.2) is 4.39 Å². The largest absolute Gasteiger partial charge is 0.477 e. The van der Waals surface area contributed by atoms with Crippen molar-refractivity contribution in [1.29, 1.82) is 0 Å². The van der Waals surface area contributed by atoms with Crippen LogP contribution < -0.4 is 10.1 Å². The van der Waals surface area contributed by atoms with Gasteiger partial charge in [-0.3, -0.25) is 14.7 Å². The fraction of sp³-hybridized carbons (Fsp3) is 0.393. The second kappa shape index (κ2) is 13.4. The molecule has 204 valence electrons. The molecule has 2 N–H and O–H groups in total. The Labute approximate surface area is 226 Å². The molecule has 1 aromatic heterocycles. The van der Waals surface area contributed by atoms with E-state index < -0.39 is 23.3 Å². The first kappa shape index (κ1) is 29.1. The minimum absolute atomic E-state index is 0.115. The lowest BCUT2D eigenvalue weighted by Crippen LogP contribution is -2.45. The topological polar surface area (TPSA) is 103 Å². The number of carbonyl (C=O) groups is 2. The minimum atomic E-state index is -1.00. The fourth-order valence-electron chi connectivity index (χ4n) is 4.27. The van der Waals surface area contributed by atoms with E-state index in [1.165, 1.54) is 25.3 Å². The number of aromatic nitrogens is 2. The predicted molar refractivity (Wildman–Crippen MR) is 143 cm³/mol. The van der Waals surface area contributed by atoms with Gasteiger partial charge in [-0.2, -0.15) is 0 Å². The Bertz CT molecular complexity index is 1230. The highest BCUT2D eigenvalue weighted by Crippen LogP contribution is 2.29. The lowest BCUT2D eigenvalue weighted by atomic mass is 9.82. The zero-order valence-electron chi connectivity index (χ0n) is 22.0. The molecule has 1 unspecified atom stereocenters. The molecule has 3 rings (SSSR count). The number of amides is 1. The first-order valence-electron chi connectivity index (χ1n) is 12.4. The highest BCUT2D eigenvalue weighted by molar-refractivity contribution is 6.30. The number of carbonyl (C=O) groups excluding carboxylic acids is 2. The SMILES string of the molecule is CCOC(=O)C(C)(COC)C[C@@H](Cc1ccc(-c2cc(Cl)ccc2F)cc1)NC(=O)c1cc(OCC)n[nH]1. The van der Waals surface area contributed by atoms with Crippen LogP contribution in [0.2, 0.25) is 5.02 Å². The molecule has 1 heterocycles. The van der Waals surface area contributed by atoms with Gasteiger partial charge < -0.3 is 19.5 Å². The highest BCUT2D eigenvalue weighted by Gasteiger charge is 2.38. The van der Waals surface area contributed by atoms with Crippen molar-refractivity contribution in [1.82, 2.24) is 15.5 Å². The van der Waals surface area contributed by atoms with Crippen molar-refractivity contribution < 1.29 is 28.2 Å². The average molecular weight is 546 g/mol. The number of aromatic amines is 1. The quantitative estimate of drug-likeness (QED) is 0.286. The van der Waals surface area contributed by atoms with E-state index in [1.807, 2.05) is 19.1 Å². The first-order chi connectivity index (χ1) is 18.2. The number of benzene rings is 2. The van der Waals surface area contributed by atoms with Crippen LogP contribution in [0.4, 0.5) is 4.39 Å². The van der Waals surface area contributed by atoms with Crippen LogP contribution in [0.15, 0.2) is 48.5 Å². The molecule has 2 atom stereocenters. The molecular weight excluding hydrogens is 513 g/mol. The van der Waals surface area contributed by atoms with Gasteiger partial charge in [-0.05, 0) is 62.9 Å². The van der Waals surface area contributed by atoms with Gasteiger partial charge in [0.05, 0.1) is 25.2 Å². The standard InChI is InChI=1S/C28H33ClFN3O5/c1-5-37-25-15-24(32-33-25)26(34)31-21(16-28(3,17-36-4)27(35)38-6-2)13-18-7-9-19(10-8-18)22-14-20(29)11-12-23(22)30/h7-12,14-15,21H,5-6,13,16-17H2,1-4H3,(H,31,34)(H,32,33)/t21-,28?/m1/s1. The Balaban J connectivity index is 1.86. The lowest BCUT2D eigenvalue weighted by molar-refractivity contribution is -0.158. The van der Waals surface area contributed by atoms with Crippen molar-refractivity contribution in [3.8, 4) is 17.0 Å². The number of rotatable bonds is 13. The Kier molecular flexibility index (Phi) is 10.3. The molecule has 0 aliphatic heterocycles. The minimum Gasteiger partial charge on any atom is -0.477 e. The summed E-state index contributed by atoms with van der Waals surface area (Å²) in [6, 6.07) is 12.8. The molecule has 0 aliphatic rings. The highest BCUT2D eigenvalue weighted by atomic mass is 35.5. The van der Waals surface area contributed by atoms with E-state index in [-0.39, 0.29) is 31.1 Å². The number of halogens is 2. The molecule has 8 nitrogen and oxygen atoms in total. The summed E-state index contributed by atoms with van der Waals surface area (Å²) >= 11 is 6.05. The number of methoxy groups -OCH3 is 1. The third-order valence-electron chi connectivity index (χ3n) is 6.03. The average Bonchev–Trinajstić information content (AvgIpc) is 3.35. The van der Waals surface area contributed by atoms with E-state index in [9.17, 15) is 14.0 Å². The molecule has 0 radical (unpaired) electrons. The van der Waals surface area contributed by atoms with Gasteiger partial charge in [0.1, 0.15) is 11.5 Å². The van der Waals surface area contributed by atoms with Gasteiger partial charge in [0.2, 0.25) is 5.88 Å². The van der Waals surface area contributed by atoms with Gasteiger partial charge in [0.15, 0.2) is 0 Å². The molecule has 1 amide bonds. The van der Waals surface area contributed by atoms with E-state index >= 15 is 0 Å². The van der Waals surface area contributed by atoms with Gasteiger partial charge in [0, 0.05) is 29.8 Å². The number of nitrogens with one attached hydrogen (secondary N) is 2. The van der Waals surface area contributed by atoms with Crippen molar-refractivity contribution in [3.63, 3.8) is 0 Å². The summed E-state index contributed by atoms with van der Waals surface area (Å²) in [7, 11) is 1.51. The molecule has 2 aromatic carbocycles. The van der Waals surface area contributed by atoms with Crippen molar-refractivity contribution >= 4 is 23.5 Å². The maximum atomic E-state index is 14.3. The fourth-order valence-corrected chi connectivity index (χ4v) is 4.44. The predicted octanol–water partition coefficient (Wildman–Crippen LogP) is 5.21. The molecule has 0 spiro atoms. The van der Waals surface area contributed by atoms with Crippen LogP contribution in [0.5, 0.6) is 5.88 Å². The number of nitrogens with zero attached hydrogens (tertiary/aromatic N) is 1. The second-order valence-electron chi connectivity index (χ2n) is 9.17. The Hall–Kier alpha value is -3.43. The van der Waals surface area contributed by atoms with Crippen molar-refractivity contribution in [2.45, 2.75) is 39.7 Å². The van der Waals surface area contributed by atoms with Crippen LogP contribution in [0.25, 0.3) is 11.1 Å². The lowest BCUT2D eigenvalue weighted by Gasteiger charge is -2.31. The Morgan fingerprint density at radius 3 is 2.53 bits per heavy atom. The summed E-state index contributed by atoms with van der Waals surface area (Å²) in [5, 5.41) is 10.1. The normalized spacial score (nSPS) is 13.4. The molecule has 0 bridgehead atoms. The van der Waals surface area contributed by atoms with Crippen LogP contribution in [-0.4, -0.2) is 55.0 Å². The van der Waals surface area contributed by atoms with E-state index in [1.54, 1.807) is 32.0 Å². The van der Waals surface area contributed by atoms with E-state index in [0.29, 0.717) is 35.1 Å². The van der Waals surface area contributed by atoms with Gasteiger partial charge in [0.25, 0.3) is 5.91 Å². The van der Waals surface area contributed by atoms with Crippen molar-refractivity contribution in [3.05, 3.63) is 70.6 Å². The molecule has 3 aromatic rings. The maximum Gasteiger partial charge on any atom is 0.314 e. The van der Waals surface area contributed by atoms with Gasteiger partial charge in [-0.1, -0.05) is 35.9 Å². The number of hydrogen-bond donors (Lipinski definition) is 2. The molecule has 0 aliphatic carbocycles. The van der Waals surface area contributed by atoms with Gasteiger partial charge in [-0.15, -0.1) is 5.10 Å². The zero-order chi connectivity index (χ0) is 27.7. The smallest absolute Gasteiger partial charge is 0.314 e. The van der Waals surface area contributed by atoms with Crippen LogP contribution in [0, 0.1) is 11.2 Å². The maximum absolute atomic E-state index is 14.3. The van der Waals surface area contributed by atoms with Crippen LogP contribution >= 0.6 is 11.6 Å². The summed E-state index contributed by atoms with van der Waals surface area (Å²) < 4.78 is 30.3. The van der Waals surface area contributed by atoms with Crippen molar-refractivity contribution in [2.75, 3.05) is 26.9 Å². The number of H-pyrrole nitrogens is 1. The Morgan fingerprint density at radius 1 is 1.13 bits per heavy atom. The number of ether oxygens (including phenoxy) is 3. The molecule has 0 saturated heterocycles. The van der Waals surface area contributed by atoms with Crippen LogP contribution in [-0.2, 0) is 20.7 Å². The number of hydrogen-bond acceptors (Lipinski definition) is 6. The molecule has 0 fully saturated rings. The summed E-state index contributed by atoms with van der Waals surface area (Å²) in [6.45, 7) is 6.07. The summed E-state index contributed by atoms with van der Waals surface area (Å²) in [5.74, 6) is -0.862. The summed E-state index contributed by atoms with van der Waals surface area (Å²) in [5.41, 5.74) is 1.18. The molecule has 10 heteroatoms. The van der Waals surface area contributed by atoms with E-state index in [0.717, 1.165) is 5.56 Å². The molecule has 0 saturated carbocycles. The third kappa shape index (κ3) is 7.55. The second-order valence-corrected chi connectivity index (χ2v) is 9.60.